The van der Waals surface area contributed by atoms with Crippen LogP contribution in [0.3, 0.4) is 0 Å². The van der Waals surface area contributed by atoms with Gasteiger partial charge < -0.3 is 10.1 Å². The van der Waals surface area contributed by atoms with Crippen LogP contribution >= 0.6 is 11.6 Å². The molecule has 0 saturated heterocycles. The minimum Gasteiger partial charge on any atom is -0.475 e. The number of hydrogen-bond acceptors (Lipinski definition) is 4. The van der Waals surface area contributed by atoms with Gasteiger partial charge in [-0.25, -0.2) is 4.98 Å². The summed E-state index contributed by atoms with van der Waals surface area (Å²) in [6, 6.07) is 1.77. The van der Waals surface area contributed by atoms with Crippen LogP contribution in [0.1, 0.15) is 40.5 Å². The van der Waals surface area contributed by atoms with Gasteiger partial charge in [-0.2, -0.15) is 4.98 Å². The molecule has 0 unspecified atom stereocenters. The van der Waals surface area contributed by atoms with Crippen molar-refractivity contribution in [3.8, 4) is 5.88 Å². The maximum Gasteiger partial charge on any atom is 0.225 e. The number of ether oxygens (including phenoxy) is 1. The Bertz CT molecular complexity index is 383. The smallest absolute Gasteiger partial charge is 0.225 e. The van der Waals surface area contributed by atoms with Crippen molar-refractivity contribution in [1.29, 1.82) is 0 Å². The highest BCUT2D eigenvalue weighted by atomic mass is 35.5. The van der Waals surface area contributed by atoms with Crippen molar-refractivity contribution in [2.45, 2.75) is 46.6 Å². The number of nitrogens with one attached hydrogen (secondary N) is 1. The van der Waals surface area contributed by atoms with Crippen LogP contribution in [0.15, 0.2) is 12.3 Å². The second-order valence-corrected chi connectivity index (χ2v) is 6.07. The first-order chi connectivity index (χ1) is 8.93. The van der Waals surface area contributed by atoms with Crippen LogP contribution in [0.25, 0.3) is 0 Å². The Hall–Kier alpha value is -1.03. The number of anilines is 1. The molecule has 0 spiro atoms. The van der Waals surface area contributed by atoms with Crippen LogP contribution in [0.4, 0.5) is 5.95 Å². The number of halogens is 1. The molecule has 0 aromatic carbocycles. The third-order valence-electron chi connectivity index (χ3n) is 2.70. The Morgan fingerprint density at radius 2 is 2.16 bits per heavy atom. The van der Waals surface area contributed by atoms with Gasteiger partial charge in [-0.15, -0.1) is 11.6 Å². The average Bonchev–Trinajstić information content (AvgIpc) is 2.34. The van der Waals surface area contributed by atoms with E-state index in [1.807, 2.05) is 13.8 Å². The molecule has 0 fully saturated rings. The molecule has 4 nitrogen and oxygen atoms in total. The lowest BCUT2D eigenvalue weighted by atomic mass is 9.88. The molecule has 0 saturated carbocycles. The van der Waals surface area contributed by atoms with Gasteiger partial charge in [-0.1, -0.05) is 13.8 Å². The van der Waals surface area contributed by atoms with Crippen molar-refractivity contribution in [1.82, 2.24) is 9.97 Å². The van der Waals surface area contributed by atoms with Gasteiger partial charge in [0.05, 0.1) is 6.10 Å². The summed E-state index contributed by atoms with van der Waals surface area (Å²) in [5.41, 5.74) is 0.174. The zero-order chi connectivity index (χ0) is 14.3. The summed E-state index contributed by atoms with van der Waals surface area (Å²) < 4.78 is 5.54. The van der Waals surface area contributed by atoms with E-state index in [0.717, 1.165) is 19.4 Å². The summed E-state index contributed by atoms with van der Waals surface area (Å²) in [6.45, 7) is 9.19. The topological polar surface area (TPSA) is 47.0 Å². The number of rotatable bonds is 8. The zero-order valence-corrected chi connectivity index (χ0v) is 13.0. The van der Waals surface area contributed by atoms with E-state index in [9.17, 15) is 0 Å². The molecule has 5 heteroatoms. The predicted molar refractivity (Wildman–Crippen MR) is 80.0 cm³/mol. The van der Waals surface area contributed by atoms with Gasteiger partial charge in [-0.3, -0.25) is 0 Å². The fraction of sp³-hybridized carbons (Fsp3) is 0.714. The fourth-order valence-electron chi connectivity index (χ4n) is 1.69. The van der Waals surface area contributed by atoms with E-state index in [0.29, 0.717) is 17.7 Å². The van der Waals surface area contributed by atoms with Crippen molar-refractivity contribution >= 4 is 17.5 Å². The lowest BCUT2D eigenvalue weighted by Crippen LogP contribution is -2.24. The number of aromatic nitrogens is 2. The molecule has 1 aromatic rings. The Balaban J connectivity index is 2.52. The molecule has 19 heavy (non-hydrogen) atoms. The summed E-state index contributed by atoms with van der Waals surface area (Å²) in [5, 5.41) is 3.26. The van der Waals surface area contributed by atoms with Crippen LogP contribution in [0.5, 0.6) is 5.88 Å². The van der Waals surface area contributed by atoms with Crippen LogP contribution in [0.2, 0.25) is 0 Å². The molecule has 0 aliphatic carbocycles. The maximum absolute atomic E-state index is 5.73. The third-order valence-corrected chi connectivity index (χ3v) is 2.97. The average molecular weight is 286 g/mol. The summed E-state index contributed by atoms with van der Waals surface area (Å²) in [7, 11) is 0. The monoisotopic (exact) mass is 285 g/mol. The van der Waals surface area contributed by atoms with Crippen molar-refractivity contribution in [3.63, 3.8) is 0 Å². The van der Waals surface area contributed by atoms with E-state index in [4.69, 9.17) is 16.3 Å². The van der Waals surface area contributed by atoms with Gasteiger partial charge in [0.2, 0.25) is 11.8 Å². The first-order valence-corrected chi connectivity index (χ1v) is 7.26. The standard InChI is InChI=1S/C14H24ClN3O/c1-11(2)19-12-6-9-16-13(18-12)17-10-14(3,4)7-5-8-15/h6,9,11H,5,7-8,10H2,1-4H3,(H,16,17,18). The molecule has 1 aromatic heterocycles. The summed E-state index contributed by atoms with van der Waals surface area (Å²) in [5.74, 6) is 1.92. The van der Waals surface area contributed by atoms with E-state index >= 15 is 0 Å². The van der Waals surface area contributed by atoms with E-state index < -0.39 is 0 Å². The normalized spacial score (nSPS) is 11.7. The van der Waals surface area contributed by atoms with Crippen LogP contribution in [-0.4, -0.2) is 28.5 Å². The van der Waals surface area contributed by atoms with E-state index in [2.05, 4.69) is 29.1 Å². The van der Waals surface area contributed by atoms with E-state index in [-0.39, 0.29) is 11.5 Å². The SMILES string of the molecule is CC(C)Oc1ccnc(NCC(C)(C)CCCCl)n1. The summed E-state index contributed by atoms with van der Waals surface area (Å²) >= 11 is 5.73. The molecule has 0 aliphatic rings. The van der Waals surface area contributed by atoms with Crippen molar-refractivity contribution < 1.29 is 4.74 Å². The van der Waals surface area contributed by atoms with Crippen molar-refractivity contribution in [2.75, 3.05) is 17.7 Å². The molecule has 1 rings (SSSR count). The fourth-order valence-corrected chi connectivity index (χ4v) is 1.82. The van der Waals surface area contributed by atoms with Gasteiger partial charge in [0.1, 0.15) is 0 Å². The lowest BCUT2D eigenvalue weighted by Gasteiger charge is -2.24. The Kier molecular flexibility index (Phi) is 6.35. The number of alkyl halides is 1. The zero-order valence-electron chi connectivity index (χ0n) is 12.2. The van der Waals surface area contributed by atoms with Crippen LogP contribution in [-0.2, 0) is 0 Å². The van der Waals surface area contributed by atoms with Gasteiger partial charge in [-0.05, 0) is 32.1 Å². The highest BCUT2D eigenvalue weighted by Crippen LogP contribution is 2.23. The highest BCUT2D eigenvalue weighted by Gasteiger charge is 2.17. The first kappa shape index (κ1) is 16.0. The van der Waals surface area contributed by atoms with Gasteiger partial charge in [0.15, 0.2) is 0 Å². The molecule has 108 valence electrons. The summed E-state index contributed by atoms with van der Waals surface area (Å²) in [6.07, 6.45) is 3.92. The Morgan fingerprint density at radius 1 is 1.42 bits per heavy atom. The molecule has 0 radical (unpaired) electrons. The minimum absolute atomic E-state index is 0.114. The molecular formula is C14H24ClN3O. The van der Waals surface area contributed by atoms with Gasteiger partial charge in [0.25, 0.3) is 0 Å². The largest absolute Gasteiger partial charge is 0.475 e. The molecule has 1 heterocycles. The van der Waals surface area contributed by atoms with Gasteiger partial charge >= 0.3 is 0 Å². The molecule has 0 bridgehead atoms. The Morgan fingerprint density at radius 3 is 2.79 bits per heavy atom. The van der Waals surface area contributed by atoms with E-state index in [1.54, 1.807) is 12.3 Å². The molecule has 1 N–H and O–H groups in total. The molecular weight excluding hydrogens is 262 g/mol. The highest BCUT2D eigenvalue weighted by molar-refractivity contribution is 6.17. The van der Waals surface area contributed by atoms with Crippen molar-refractivity contribution in [2.24, 2.45) is 5.41 Å². The predicted octanol–water partition coefficient (Wildman–Crippen LogP) is 3.72. The van der Waals surface area contributed by atoms with Crippen molar-refractivity contribution in [3.05, 3.63) is 12.3 Å². The van der Waals surface area contributed by atoms with Crippen LogP contribution < -0.4 is 10.1 Å². The second-order valence-electron chi connectivity index (χ2n) is 5.70. The lowest BCUT2D eigenvalue weighted by molar-refractivity contribution is 0.232. The quantitative estimate of drug-likeness (QED) is 0.740. The molecule has 0 amide bonds. The van der Waals surface area contributed by atoms with Gasteiger partial charge in [0, 0.05) is 24.7 Å². The third kappa shape index (κ3) is 6.62. The Labute approximate surface area is 120 Å². The second kappa shape index (κ2) is 7.53. The molecule has 0 atom stereocenters. The molecule has 0 aliphatic heterocycles. The van der Waals surface area contributed by atoms with Crippen LogP contribution in [0, 0.1) is 5.41 Å². The number of nitrogens with zero attached hydrogens (tertiary/aromatic N) is 2. The summed E-state index contributed by atoms with van der Waals surface area (Å²) in [4.78, 5) is 8.53. The maximum atomic E-state index is 5.73. The number of hydrogen-bond donors (Lipinski definition) is 1. The minimum atomic E-state index is 0.114. The van der Waals surface area contributed by atoms with E-state index in [1.165, 1.54) is 0 Å². The first-order valence-electron chi connectivity index (χ1n) is 6.72.